The van der Waals surface area contributed by atoms with Crippen LogP contribution in [0.15, 0.2) is 65.6 Å². The summed E-state index contributed by atoms with van der Waals surface area (Å²) in [6.45, 7) is 3.86. The van der Waals surface area contributed by atoms with Crippen LogP contribution in [0.2, 0.25) is 0 Å². The number of aromatic nitrogens is 4. The van der Waals surface area contributed by atoms with Crippen molar-refractivity contribution in [3.8, 4) is 5.69 Å². The average molecular weight is 386 g/mol. The summed E-state index contributed by atoms with van der Waals surface area (Å²) in [4.78, 5) is 22.4. The number of rotatable bonds is 5. The zero-order valence-electron chi connectivity index (χ0n) is 16.2. The summed E-state index contributed by atoms with van der Waals surface area (Å²) < 4.78 is 1.69. The minimum absolute atomic E-state index is 0.196. The molecule has 1 unspecified atom stereocenters. The van der Waals surface area contributed by atoms with Gasteiger partial charge in [0.1, 0.15) is 5.39 Å². The third kappa shape index (κ3) is 3.14. The van der Waals surface area contributed by atoms with Gasteiger partial charge in [0.05, 0.1) is 11.9 Å². The molecule has 146 valence electrons. The standard InChI is InChI=1S/C22H22N6O/c1-15(27-12-11-16-7-5-6-10-19(16)27)13-23-22-25-20-18(21(29)26-22)14-24-28(20)17-8-3-2-4-9-17/h2-10,14-15H,11-13H2,1H3,(H2,23,25,26,29). The maximum absolute atomic E-state index is 12.5. The molecule has 1 aliphatic heterocycles. The van der Waals surface area contributed by atoms with Crippen molar-refractivity contribution >= 4 is 22.7 Å². The second-order valence-electron chi connectivity index (χ2n) is 7.35. The van der Waals surface area contributed by atoms with Gasteiger partial charge in [-0.1, -0.05) is 36.4 Å². The van der Waals surface area contributed by atoms with Crippen LogP contribution in [0.5, 0.6) is 0 Å². The number of para-hydroxylation sites is 2. The highest BCUT2D eigenvalue weighted by Crippen LogP contribution is 2.29. The lowest BCUT2D eigenvalue weighted by Crippen LogP contribution is -2.37. The van der Waals surface area contributed by atoms with Crippen molar-refractivity contribution in [2.24, 2.45) is 0 Å². The molecule has 2 N–H and O–H groups in total. The molecule has 0 saturated heterocycles. The van der Waals surface area contributed by atoms with E-state index in [2.05, 4.69) is 56.5 Å². The molecular weight excluding hydrogens is 364 g/mol. The van der Waals surface area contributed by atoms with E-state index < -0.39 is 0 Å². The molecule has 0 amide bonds. The summed E-state index contributed by atoms with van der Waals surface area (Å²) in [5, 5.41) is 8.13. The number of benzene rings is 2. The lowest BCUT2D eigenvalue weighted by molar-refractivity contribution is 0.677. The van der Waals surface area contributed by atoms with Crippen molar-refractivity contribution in [3.63, 3.8) is 0 Å². The minimum Gasteiger partial charge on any atom is -0.366 e. The summed E-state index contributed by atoms with van der Waals surface area (Å²) in [6.07, 6.45) is 2.62. The van der Waals surface area contributed by atoms with E-state index in [-0.39, 0.29) is 11.6 Å². The predicted octanol–water partition coefficient (Wildman–Crippen LogP) is 2.97. The Morgan fingerprint density at radius 3 is 2.79 bits per heavy atom. The second kappa shape index (κ2) is 7.09. The van der Waals surface area contributed by atoms with Crippen LogP contribution in [-0.4, -0.2) is 38.9 Å². The van der Waals surface area contributed by atoms with Crippen LogP contribution in [-0.2, 0) is 6.42 Å². The van der Waals surface area contributed by atoms with Gasteiger partial charge in [-0.05, 0) is 37.1 Å². The van der Waals surface area contributed by atoms with Crippen molar-refractivity contribution in [2.45, 2.75) is 19.4 Å². The third-order valence-corrected chi connectivity index (χ3v) is 5.46. The summed E-state index contributed by atoms with van der Waals surface area (Å²) in [5.74, 6) is 0.458. The second-order valence-corrected chi connectivity index (χ2v) is 7.35. The van der Waals surface area contributed by atoms with Crippen molar-refractivity contribution < 1.29 is 0 Å². The summed E-state index contributed by atoms with van der Waals surface area (Å²) in [7, 11) is 0. The SMILES string of the molecule is CC(CNc1nc2c(cnn2-c2ccccc2)c(=O)[nH]1)N1CCc2ccccc21. The fourth-order valence-corrected chi connectivity index (χ4v) is 3.94. The van der Waals surface area contributed by atoms with Crippen LogP contribution < -0.4 is 15.8 Å². The van der Waals surface area contributed by atoms with E-state index in [1.807, 2.05) is 30.3 Å². The Balaban J connectivity index is 1.39. The number of nitrogens with one attached hydrogen (secondary N) is 2. The van der Waals surface area contributed by atoms with E-state index in [9.17, 15) is 4.79 Å². The highest BCUT2D eigenvalue weighted by atomic mass is 16.1. The fraction of sp³-hybridized carbons (Fsp3) is 0.227. The molecule has 0 aliphatic carbocycles. The van der Waals surface area contributed by atoms with Crippen LogP contribution in [0.4, 0.5) is 11.6 Å². The Bertz CT molecular complexity index is 1210. The van der Waals surface area contributed by atoms with Crippen LogP contribution in [0.25, 0.3) is 16.7 Å². The number of anilines is 2. The molecule has 29 heavy (non-hydrogen) atoms. The Labute approximate surface area is 168 Å². The van der Waals surface area contributed by atoms with Gasteiger partial charge < -0.3 is 10.2 Å². The highest BCUT2D eigenvalue weighted by molar-refractivity contribution is 5.76. The minimum atomic E-state index is -0.196. The fourth-order valence-electron chi connectivity index (χ4n) is 3.94. The maximum Gasteiger partial charge on any atom is 0.263 e. The third-order valence-electron chi connectivity index (χ3n) is 5.46. The molecule has 1 atom stereocenters. The van der Waals surface area contributed by atoms with Gasteiger partial charge in [-0.2, -0.15) is 10.1 Å². The van der Waals surface area contributed by atoms with E-state index in [1.54, 1.807) is 10.9 Å². The summed E-state index contributed by atoms with van der Waals surface area (Å²) >= 11 is 0. The Hall–Kier alpha value is -3.61. The number of hydrogen-bond acceptors (Lipinski definition) is 5. The van der Waals surface area contributed by atoms with Crippen molar-refractivity contribution in [3.05, 3.63) is 76.7 Å². The van der Waals surface area contributed by atoms with Gasteiger partial charge in [0.15, 0.2) is 5.65 Å². The molecule has 0 bridgehead atoms. The first-order chi connectivity index (χ1) is 14.2. The quantitative estimate of drug-likeness (QED) is 0.551. The van der Waals surface area contributed by atoms with Crippen LogP contribution in [0, 0.1) is 0 Å². The van der Waals surface area contributed by atoms with E-state index in [4.69, 9.17) is 0 Å². The first-order valence-electron chi connectivity index (χ1n) is 9.82. The van der Waals surface area contributed by atoms with E-state index in [0.717, 1.165) is 18.7 Å². The van der Waals surface area contributed by atoms with E-state index in [0.29, 0.717) is 23.5 Å². The van der Waals surface area contributed by atoms with Gasteiger partial charge in [0, 0.05) is 24.8 Å². The van der Waals surface area contributed by atoms with E-state index >= 15 is 0 Å². The number of fused-ring (bicyclic) bond motifs is 2. The number of hydrogen-bond donors (Lipinski definition) is 2. The van der Waals surface area contributed by atoms with Gasteiger partial charge in [-0.3, -0.25) is 9.78 Å². The molecular formula is C22H22N6O. The molecule has 0 spiro atoms. The zero-order valence-corrected chi connectivity index (χ0v) is 16.2. The largest absolute Gasteiger partial charge is 0.366 e. The lowest BCUT2D eigenvalue weighted by atomic mass is 10.2. The highest BCUT2D eigenvalue weighted by Gasteiger charge is 2.23. The number of nitrogens with zero attached hydrogens (tertiary/aromatic N) is 4. The lowest BCUT2D eigenvalue weighted by Gasteiger charge is -2.27. The van der Waals surface area contributed by atoms with Crippen molar-refractivity contribution in [2.75, 3.05) is 23.3 Å². The molecule has 7 nitrogen and oxygen atoms in total. The summed E-state index contributed by atoms with van der Waals surface area (Å²) in [5.41, 5.74) is 3.90. The molecule has 3 heterocycles. The van der Waals surface area contributed by atoms with Crippen LogP contribution >= 0.6 is 0 Å². The monoisotopic (exact) mass is 386 g/mol. The molecule has 2 aromatic heterocycles. The van der Waals surface area contributed by atoms with Crippen LogP contribution in [0.3, 0.4) is 0 Å². The van der Waals surface area contributed by atoms with Gasteiger partial charge >= 0.3 is 0 Å². The van der Waals surface area contributed by atoms with Gasteiger partial charge in [0.2, 0.25) is 5.95 Å². The number of H-pyrrole nitrogens is 1. The Morgan fingerprint density at radius 1 is 1.14 bits per heavy atom. The number of aromatic amines is 1. The van der Waals surface area contributed by atoms with Crippen LogP contribution in [0.1, 0.15) is 12.5 Å². The predicted molar refractivity (Wildman–Crippen MR) is 115 cm³/mol. The molecule has 5 rings (SSSR count). The molecule has 7 heteroatoms. The van der Waals surface area contributed by atoms with Crippen molar-refractivity contribution in [1.29, 1.82) is 0 Å². The maximum atomic E-state index is 12.5. The zero-order chi connectivity index (χ0) is 19.8. The molecule has 4 aromatic rings. The molecule has 0 saturated carbocycles. The molecule has 0 fully saturated rings. The average Bonchev–Trinajstić information content (AvgIpc) is 3.37. The smallest absolute Gasteiger partial charge is 0.263 e. The molecule has 1 aliphatic rings. The normalized spacial score (nSPS) is 14.2. The first-order valence-corrected chi connectivity index (χ1v) is 9.82. The van der Waals surface area contributed by atoms with Gasteiger partial charge in [0.25, 0.3) is 5.56 Å². The summed E-state index contributed by atoms with van der Waals surface area (Å²) in [6, 6.07) is 18.5. The first kappa shape index (κ1) is 17.5. The Kier molecular flexibility index (Phi) is 4.27. The Morgan fingerprint density at radius 2 is 1.93 bits per heavy atom. The molecule has 2 aromatic carbocycles. The van der Waals surface area contributed by atoms with Gasteiger partial charge in [-0.15, -0.1) is 0 Å². The van der Waals surface area contributed by atoms with E-state index in [1.165, 1.54) is 11.3 Å². The molecule has 0 radical (unpaired) electrons. The topological polar surface area (TPSA) is 78.8 Å². The van der Waals surface area contributed by atoms with Crippen molar-refractivity contribution in [1.82, 2.24) is 19.7 Å². The van der Waals surface area contributed by atoms with Gasteiger partial charge in [-0.25, -0.2) is 4.68 Å².